The van der Waals surface area contributed by atoms with E-state index in [9.17, 15) is 25.2 Å². The first-order valence-corrected chi connectivity index (χ1v) is 6.52. The molecule has 4 N–H and O–H groups in total. The van der Waals surface area contributed by atoms with Crippen LogP contribution in [0.15, 0.2) is 36.4 Å². The molecule has 2 aromatic rings. The Morgan fingerprint density at radius 1 is 1.09 bits per heavy atom. The van der Waals surface area contributed by atoms with Crippen LogP contribution in [0.1, 0.15) is 28.4 Å². The Kier molecular flexibility index (Phi) is 4.53. The van der Waals surface area contributed by atoms with E-state index in [-0.39, 0.29) is 29.2 Å². The molecule has 2 aromatic carbocycles. The minimum atomic E-state index is -1.09. The average molecular weight is 304 g/mol. The number of benzene rings is 2. The van der Waals surface area contributed by atoms with Gasteiger partial charge in [-0.05, 0) is 17.7 Å². The van der Waals surface area contributed by atoms with Gasteiger partial charge in [0.05, 0.1) is 13.2 Å². The zero-order valence-corrected chi connectivity index (χ0v) is 11.9. The summed E-state index contributed by atoms with van der Waals surface area (Å²) in [5.74, 6) is -1.10. The minimum absolute atomic E-state index is 0.0282. The Hall–Kier alpha value is -2.73. The maximum Gasteiger partial charge on any atom is 0.173 e. The Morgan fingerprint density at radius 3 is 2.32 bits per heavy atom. The summed E-state index contributed by atoms with van der Waals surface area (Å²) < 4.78 is 4.98. The molecule has 0 fully saturated rings. The van der Waals surface area contributed by atoms with E-state index in [4.69, 9.17) is 4.74 Å². The molecule has 2 rings (SSSR count). The van der Waals surface area contributed by atoms with Crippen LogP contribution in [0.3, 0.4) is 0 Å². The molecular weight excluding hydrogens is 288 g/mol. The van der Waals surface area contributed by atoms with Gasteiger partial charge in [-0.2, -0.15) is 0 Å². The normalized spacial score (nSPS) is 11.9. The molecule has 0 aliphatic heterocycles. The molecule has 6 nitrogen and oxygen atoms in total. The average Bonchev–Trinajstić information content (AvgIpc) is 2.46. The lowest BCUT2D eigenvalue weighted by molar-refractivity contribution is 0.0874. The molecule has 0 aliphatic rings. The Labute approximate surface area is 126 Å². The van der Waals surface area contributed by atoms with Crippen molar-refractivity contribution in [2.45, 2.75) is 12.5 Å². The monoisotopic (exact) mass is 304 g/mol. The molecule has 0 aromatic heterocycles. The van der Waals surface area contributed by atoms with Crippen molar-refractivity contribution in [2.75, 3.05) is 7.11 Å². The Bertz CT molecular complexity index is 678. The zero-order valence-electron chi connectivity index (χ0n) is 11.9. The molecular formula is C16H16O6. The maximum absolute atomic E-state index is 12.3. The standard InChI is InChI=1S/C16H16O6/c1-22-15-7-11(18)6-13(20)16(15)14(21)8-12(19)9-2-4-10(17)5-3-9/h2-7,12,17-20H,8H2,1H3/t12-/m1/s1. The number of hydrogen-bond acceptors (Lipinski definition) is 6. The van der Waals surface area contributed by atoms with Gasteiger partial charge in [0.2, 0.25) is 0 Å². The van der Waals surface area contributed by atoms with Crippen molar-refractivity contribution in [1.29, 1.82) is 0 Å². The van der Waals surface area contributed by atoms with Crippen molar-refractivity contribution >= 4 is 5.78 Å². The number of carbonyl (C=O) groups is 1. The third kappa shape index (κ3) is 3.29. The first-order chi connectivity index (χ1) is 10.4. The number of aromatic hydroxyl groups is 3. The molecule has 0 amide bonds. The summed E-state index contributed by atoms with van der Waals surface area (Å²) in [7, 11) is 1.31. The van der Waals surface area contributed by atoms with Crippen LogP contribution >= 0.6 is 0 Å². The predicted octanol–water partition coefficient (Wildman–Crippen LogP) is 2.12. The molecule has 6 heteroatoms. The second-order valence-corrected chi connectivity index (χ2v) is 4.78. The summed E-state index contributed by atoms with van der Waals surface area (Å²) in [4.78, 5) is 12.3. The molecule has 22 heavy (non-hydrogen) atoms. The predicted molar refractivity (Wildman–Crippen MR) is 78.3 cm³/mol. The molecule has 0 bridgehead atoms. The van der Waals surface area contributed by atoms with Crippen molar-refractivity contribution in [1.82, 2.24) is 0 Å². The summed E-state index contributed by atoms with van der Waals surface area (Å²) in [6.45, 7) is 0. The smallest absolute Gasteiger partial charge is 0.173 e. The fourth-order valence-corrected chi connectivity index (χ4v) is 2.12. The van der Waals surface area contributed by atoms with Crippen LogP contribution in [0.2, 0.25) is 0 Å². The second kappa shape index (κ2) is 6.36. The summed E-state index contributed by atoms with van der Waals surface area (Å²) >= 11 is 0. The van der Waals surface area contributed by atoms with Crippen molar-refractivity contribution in [3.05, 3.63) is 47.5 Å². The highest BCUT2D eigenvalue weighted by Crippen LogP contribution is 2.35. The van der Waals surface area contributed by atoms with Crippen LogP contribution in [-0.2, 0) is 0 Å². The first kappa shape index (κ1) is 15.7. The summed E-state index contributed by atoms with van der Waals surface area (Å²) in [6.07, 6.45) is -1.37. The number of aliphatic hydroxyl groups is 1. The van der Waals surface area contributed by atoms with Crippen LogP contribution in [0.4, 0.5) is 0 Å². The molecule has 1 atom stereocenters. The number of hydrogen-bond donors (Lipinski definition) is 4. The van der Waals surface area contributed by atoms with Gasteiger partial charge in [-0.3, -0.25) is 4.79 Å². The van der Waals surface area contributed by atoms with Crippen LogP contribution in [0.5, 0.6) is 23.0 Å². The first-order valence-electron chi connectivity index (χ1n) is 6.52. The SMILES string of the molecule is COc1cc(O)cc(O)c1C(=O)C[C@@H](O)c1ccc(O)cc1. The molecule has 0 saturated heterocycles. The number of phenolic OH excluding ortho intramolecular Hbond substituents is 3. The maximum atomic E-state index is 12.3. The van der Waals surface area contributed by atoms with Crippen LogP contribution in [0.25, 0.3) is 0 Å². The van der Waals surface area contributed by atoms with E-state index in [1.165, 1.54) is 37.4 Å². The minimum Gasteiger partial charge on any atom is -0.508 e. The molecule has 0 saturated carbocycles. The van der Waals surface area contributed by atoms with Gasteiger partial charge in [-0.25, -0.2) is 0 Å². The van der Waals surface area contributed by atoms with E-state index in [1.54, 1.807) is 0 Å². The summed E-state index contributed by atoms with van der Waals surface area (Å²) in [5, 5.41) is 38.5. The summed E-state index contributed by atoms with van der Waals surface area (Å²) in [6, 6.07) is 8.05. The lowest BCUT2D eigenvalue weighted by Gasteiger charge is -2.13. The van der Waals surface area contributed by atoms with E-state index in [1.807, 2.05) is 0 Å². The second-order valence-electron chi connectivity index (χ2n) is 4.78. The lowest BCUT2D eigenvalue weighted by atomic mass is 9.98. The highest BCUT2D eigenvalue weighted by Gasteiger charge is 2.22. The molecule has 0 heterocycles. The van der Waals surface area contributed by atoms with Gasteiger partial charge >= 0.3 is 0 Å². The van der Waals surface area contributed by atoms with Gasteiger partial charge < -0.3 is 25.2 Å². The molecule has 116 valence electrons. The number of ketones is 1. The van der Waals surface area contributed by atoms with Gasteiger partial charge in [0.15, 0.2) is 5.78 Å². The zero-order chi connectivity index (χ0) is 16.3. The molecule has 0 spiro atoms. The quantitative estimate of drug-likeness (QED) is 0.630. The number of carbonyl (C=O) groups excluding carboxylic acids is 1. The number of ether oxygens (including phenoxy) is 1. The van der Waals surface area contributed by atoms with E-state index in [0.717, 1.165) is 6.07 Å². The third-order valence-electron chi connectivity index (χ3n) is 3.22. The molecule has 0 radical (unpaired) electrons. The van der Waals surface area contributed by atoms with Crippen LogP contribution < -0.4 is 4.74 Å². The fraction of sp³-hybridized carbons (Fsp3) is 0.188. The van der Waals surface area contributed by atoms with Gasteiger partial charge in [0, 0.05) is 18.6 Å². The van der Waals surface area contributed by atoms with E-state index < -0.39 is 17.6 Å². The highest BCUT2D eigenvalue weighted by molar-refractivity contribution is 6.01. The summed E-state index contributed by atoms with van der Waals surface area (Å²) in [5.41, 5.74) is 0.363. The highest BCUT2D eigenvalue weighted by atomic mass is 16.5. The molecule has 0 aliphatic carbocycles. The van der Waals surface area contributed by atoms with Gasteiger partial charge in [0.1, 0.15) is 28.6 Å². The Balaban J connectivity index is 2.24. The van der Waals surface area contributed by atoms with Crippen LogP contribution in [0, 0.1) is 0 Å². The lowest BCUT2D eigenvalue weighted by Crippen LogP contribution is -2.09. The van der Waals surface area contributed by atoms with Crippen molar-refractivity contribution in [3.63, 3.8) is 0 Å². The van der Waals surface area contributed by atoms with E-state index in [0.29, 0.717) is 5.56 Å². The van der Waals surface area contributed by atoms with Crippen molar-refractivity contribution in [2.24, 2.45) is 0 Å². The van der Waals surface area contributed by atoms with Crippen molar-refractivity contribution < 1.29 is 30.0 Å². The number of phenols is 3. The van der Waals surface area contributed by atoms with Crippen LogP contribution in [-0.4, -0.2) is 33.3 Å². The number of rotatable bonds is 5. The number of Topliss-reactive ketones (excluding diaryl/α,β-unsaturated/α-hetero) is 1. The number of methoxy groups -OCH3 is 1. The van der Waals surface area contributed by atoms with Gasteiger partial charge in [-0.15, -0.1) is 0 Å². The fourth-order valence-electron chi connectivity index (χ4n) is 2.12. The van der Waals surface area contributed by atoms with Gasteiger partial charge in [-0.1, -0.05) is 12.1 Å². The largest absolute Gasteiger partial charge is 0.508 e. The van der Waals surface area contributed by atoms with E-state index in [2.05, 4.69) is 0 Å². The Morgan fingerprint density at radius 2 is 1.73 bits per heavy atom. The van der Waals surface area contributed by atoms with Gasteiger partial charge in [0.25, 0.3) is 0 Å². The number of aliphatic hydroxyl groups excluding tert-OH is 1. The van der Waals surface area contributed by atoms with Crippen molar-refractivity contribution in [3.8, 4) is 23.0 Å². The molecule has 0 unspecified atom stereocenters. The topological polar surface area (TPSA) is 107 Å². The third-order valence-corrected chi connectivity index (χ3v) is 3.22. The van der Waals surface area contributed by atoms with E-state index >= 15 is 0 Å².